The average Bonchev–Trinajstić information content (AvgIpc) is 2.72. The number of rotatable bonds is 4. The second kappa shape index (κ2) is 5.15. The molecule has 0 unspecified atom stereocenters. The number of nitrogens with one attached hydrogen (secondary N) is 1. The van der Waals surface area contributed by atoms with Crippen LogP contribution in [0.4, 0.5) is 0 Å². The van der Waals surface area contributed by atoms with Crippen molar-refractivity contribution in [1.82, 2.24) is 15.1 Å². The van der Waals surface area contributed by atoms with E-state index in [2.05, 4.69) is 48.7 Å². The molecule has 0 bridgehead atoms. The fourth-order valence-corrected chi connectivity index (χ4v) is 2.05. The molecule has 0 aliphatic rings. The summed E-state index contributed by atoms with van der Waals surface area (Å²) in [5, 5.41) is 7.52. The highest BCUT2D eigenvalue weighted by atomic mass is 15.3. The van der Waals surface area contributed by atoms with Crippen molar-refractivity contribution in [3.8, 4) is 0 Å². The summed E-state index contributed by atoms with van der Waals surface area (Å²) in [5.74, 6) is 0. The number of hydrogen-bond donors (Lipinski definition) is 1. The zero-order valence-corrected chi connectivity index (χ0v) is 10.7. The van der Waals surface area contributed by atoms with Gasteiger partial charge in [0, 0.05) is 18.3 Å². The smallest absolute Gasteiger partial charge is 0.0664 e. The van der Waals surface area contributed by atoms with Gasteiger partial charge >= 0.3 is 0 Å². The van der Waals surface area contributed by atoms with Crippen molar-refractivity contribution in [2.45, 2.75) is 26.9 Å². The summed E-state index contributed by atoms with van der Waals surface area (Å²) in [7, 11) is 1.95. The van der Waals surface area contributed by atoms with E-state index in [0.717, 1.165) is 13.1 Å². The molecule has 0 saturated carbocycles. The molecule has 3 heteroatoms. The SMILES string of the molecule is CNCc1cnn(Cc2c(C)cccc2C)c1. The van der Waals surface area contributed by atoms with Gasteiger partial charge in [-0.25, -0.2) is 0 Å². The number of hydrogen-bond acceptors (Lipinski definition) is 2. The van der Waals surface area contributed by atoms with Crippen LogP contribution in [0.1, 0.15) is 22.3 Å². The van der Waals surface area contributed by atoms with Gasteiger partial charge in [0.2, 0.25) is 0 Å². The van der Waals surface area contributed by atoms with E-state index in [-0.39, 0.29) is 0 Å². The molecule has 2 rings (SSSR count). The normalized spacial score (nSPS) is 10.8. The predicted octanol–water partition coefficient (Wildman–Crippen LogP) is 2.27. The molecule has 0 amide bonds. The average molecular weight is 229 g/mol. The third-order valence-corrected chi connectivity index (χ3v) is 3.03. The molecule has 1 aromatic carbocycles. The van der Waals surface area contributed by atoms with Crippen molar-refractivity contribution in [2.75, 3.05) is 7.05 Å². The van der Waals surface area contributed by atoms with Gasteiger partial charge in [0.1, 0.15) is 0 Å². The van der Waals surface area contributed by atoms with Gasteiger partial charge in [0.15, 0.2) is 0 Å². The van der Waals surface area contributed by atoms with E-state index < -0.39 is 0 Å². The Morgan fingerprint density at radius 3 is 2.59 bits per heavy atom. The molecule has 0 aliphatic heterocycles. The Bertz CT molecular complexity index is 480. The molecule has 2 aromatic rings. The molecule has 1 aromatic heterocycles. The van der Waals surface area contributed by atoms with Gasteiger partial charge in [0.25, 0.3) is 0 Å². The summed E-state index contributed by atoms with van der Waals surface area (Å²) in [5.41, 5.74) is 5.25. The first-order valence-electron chi connectivity index (χ1n) is 5.91. The van der Waals surface area contributed by atoms with Crippen molar-refractivity contribution in [3.63, 3.8) is 0 Å². The standard InChI is InChI=1S/C14H19N3/c1-11-5-4-6-12(2)14(11)10-17-9-13(7-15-3)8-16-17/h4-6,8-9,15H,7,10H2,1-3H3. The lowest BCUT2D eigenvalue weighted by Gasteiger charge is -2.09. The predicted molar refractivity (Wildman–Crippen MR) is 70.0 cm³/mol. The molecule has 3 nitrogen and oxygen atoms in total. The molecule has 17 heavy (non-hydrogen) atoms. The van der Waals surface area contributed by atoms with E-state index in [1.165, 1.54) is 22.3 Å². The molecule has 0 spiro atoms. The molecular formula is C14H19N3. The van der Waals surface area contributed by atoms with Gasteiger partial charge in [-0.05, 0) is 37.6 Å². The quantitative estimate of drug-likeness (QED) is 0.871. The molecule has 1 N–H and O–H groups in total. The molecule has 0 fully saturated rings. The van der Waals surface area contributed by atoms with Gasteiger partial charge in [-0.15, -0.1) is 0 Å². The number of benzene rings is 1. The van der Waals surface area contributed by atoms with E-state index in [4.69, 9.17) is 0 Å². The van der Waals surface area contributed by atoms with Crippen molar-refractivity contribution in [2.24, 2.45) is 0 Å². The second-order valence-electron chi connectivity index (χ2n) is 4.45. The summed E-state index contributed by atoms with van der Waals surface area (Å²) in [6.45, 7) is 6.02. The zero-order chi connectivity index (χ0) is 12.3. The molecule has 1 heterocycles. The van der Waals surface area contributed by atoms with Crippen LogP contribution in [-0.4, -0.2) is 16.8 Å². The first-order chi connectivity index (χ1) is 8.20. The van der Waals surface area contributed by atoms with Crippen LogP contribution in [0.25, 0.3) is 0 Å². The first-order valence-corrected chi connectivity index (χ1v) is 5.91. The molecule has 0 radical (unpaired) electrons. The van der Waals surface area contributed by atoms with E-state index in [1.54, 1.807) is 0 Å². The summed E-state index contributed by atoms with van der Waals surface area (Å²) >= 11 is 0. The van der Waals surface area contributed by atoms with Crippen LogP contribution < -0.4 is 5.32 Å². The third-order valence-electron chi connectivity index (χ3n) is 3.03. The van der Waals surface area contributed by atoms with Gasteiger partial charge in [-0.1, -0.05) is 18.2 Å². The maximum Gasteiger partial charge on any atom is 0.0664 e. The lowest BCUT2D eigenvalue weighted by atomic mass is 10.0. The number of aryl methyl sites for hydroxylation is 2. The fourth-order valence-electron chi connectivity index (χ4n) is 2.05. The van der Waals surface area contributed by atoms with Crippen molar-refractivity contribution in [1.29, 1.82) is 0 Å². The van der Waals surface area contributed by atoms with Crippen molar-refractivity contribution < 1.29 is 0 Å². The van der Waals surface area contributed by atoms with Crippen LogP contribution in [-0.2, 0) is 13.1 Å². The van der Waals surface area contributed by atoms with E-state index >= 15 is 0 Å². The van der Waals surface area contributed by atoms with Gasteiger partial charge in [-0.3, -0.25) is 4.68 Å². The van der Waals surface area contributed by atoms with E-state index in [9.17, 15) is 0 Å². The molecular weight excluding hydrogens is 210 g/mol. The molecule has 0 saturated heterocycles. The van der Waals surface area contributed by atoms with Crippen LogP contribution in [0.2, 0.25) is 0 Å². The van der Waals surface area contributed by atoms with Gasteiger partial charge in [-0.2, -0.15) is 5.10 Å². The van der Waals surface area contributed by atoms with Gasteiger partial charge < -0.3 is 5.32 Å². The summed E-state index contributed by atoms with van der Waals surface area (Å²) in [4.78, 5) is 0. The lowest BCUT2D eigenvalue weighted by Crippen LogP contribution is -2.05. The van der Waals surface area contributed by atoms with Crippen LogP contribution >= 0.6 is 0 Å². The van der Waals surface area contributed by atoms with E-state index in [0.29, 0.717) is 0 Å². The summed E-state index contributed by atoms with van der Waals surface area (Å²) in [6, 6.07) is 6.41. The second-order valence-corrected chi connectivity index (χ2v) is 4.45. The van der Waals surface area contributed by atoms with Crippen LogP contribution in [0.15, 0.2) is 30.6 Å². The number of nitrogens with zero attached hydrogens (tertiary/aromatic N) is 2. The van der Waals surface area contributed by atoms with Crippen LogP contribution in [0, 0.1) is 13.8 Å². The summed E-state index contributed by atoms with van der Waals surface area (Å²) in [6.07, 6.45) is 4.02. The maximum absolute atomic E-state index is 4.39. The Hall–Kier alpha value is -1.61. The Balaban J connectivity index is 2.19. The van der Waals surface area contributed by atoms with Crippen LogP contribution in [0.5, 0.6) is 0 Å². The van der Waals surface area contributed by atoms with Crippen molar-refractivity contribution in [3.05, 3.63) is 52.8 Å². The zero-order valence-electron chi connectivity index (χ0n) is 10.7. The summed E-state index contributed by atoms with van der Waals surface area (Å²) < 4.78 is 2.00. The molecule has 90 valence electrons. The lowest BCUT2D eigenvalue weighted by molar-refractivity contribution is 0.679. The minimum Gasteiger partial charge on any atom is -0.316 e. The highest BCUT2D eigenvalue weighted by Gasteiger charge is 2.04. The topological polar surface area (TPSA) is 29.9 Å². The molecule has 0 atom stereocenters. The Labute approximate surface area is 102 Å². The Kier molecular flexibility index (Phi) is 3.59. The number of aromatic nitrogens is 2. The Morgan fingerprint density at radius 2 is 1.94 bits per heavy atom. The monoisotopic (exact) mass is 229 g/mol. The Morgan fingerprint density at radius 1 is 1.24 bits per heavy atom. The fraction of sp³-hybridized carbons (Fsp3) is 0.357. The highest BCUT2D eigenvalue weighted by Crippen LogP contribution is 2.14. The van der Waals surface area contributed by atoms with Crippen molar-refractivity contribution >= 4 is 0 Å². The van der Waals surface area contributed by atoms with Gasteiger partial charge in [0.05, 0.1) is 12.7 Å². The largest absolute Gasteiger partial charge is 0.316 e. The molecule has 0 aliphatic carbocycles. The highest BCUT2D eigenvalue weighted by molar-refractivity contribution is 5.33. The van der Waals surface area contributed by atoms with Crippen LogP contribution in [0.3, 0.4) is 0 Å². The minimum atomic E-state index is 0.849. The maximum atomic E-state index is 4.39. The first kappa shape index (κ1) is 11.9. The van der Waals surface area contributed by atoms with E-state index in [1.807, 2.05) is 17.9 Å². The third kappa shape index (κ3) is 2.74. The minimum absolute atomic E-state index is 0.849.